The van der Waals surface area contributed by atoms with Crippen molar-refractivity contribution in [3.05, 3.63) is 18.2 Å². The van der Waals surface area contributed by atoms with Crippen molar-refractivity contribution in [2.24, 2.45) is 5.11 Å². The SMILES string of the molecule is N=Nc1ccc2c(c1)OCCO2. The molecule has 0 fully saturated rings. The molecule has 0 aliphatic carbocycles. The lowest BCUT2D eigenvalue weighted by atomic mass is 10.3. The molecule has 4 nitrogen and oxygen atoms in total. The van der Waals surface area contributed by atoms with Gasteiger partial charge in [0.1, 0.15) is 13.2 Å². The van der Waals surface area contributed by atoms with Crippen molar-refractivity contribution in [3.63, 3.8) is 0 Å². The summed E-state index contributed by atoms with van der Waals surface area (Å²) < 4.78 is 10.6. The minimum Gasteiger partial charge on any atom is -0.486 e. The Balaban J connectivity index is 2.42. The van der Waals surface area contributed by atoms with Gasteiger partial charge in [0.2, 0.25) is 0 Å². The third kappa shape index (κ3) is 1.11. The summed E-state index contributed by atoms with van der Waals surface area (Å²) in [4.78, 5) is 0. The molecule has 0 atom stereocenters. The number of rotatable bonds is 1. The van der Waals surface area contributed by atoms with Crippen LogP contribution in [0.1, 0.15) is 0 Å². The van der Waals surface area contributed by atoms with Crippen LogP contribution in [0.4, 0.5) is 5.69 Å². The second kappa shape index (κ2) is 2.81. The molecule has 1 aromatic carbocycles. The van der Waals surface area contributed by atoms with Gasteiger partial charge in [-0.05, 0) is 12.1 Å². The number of benzene rings is 1. The average Bonchev–Trinajstić information content (AvgIpc) is 2.17. The maximum absolute atomic E-state index is 6.79. The lowest BCUT2D eigenvalue weighted by molar-refractivity contribution is 0.171. The summed E-state index contributed by atoms with van der Waals surface area (Å²) >= 11 is 0. The number of nitrogens with zero attached hydrogens (tertiary/aromatic N) is 1. The average molecular weight is 164 g/mol. The summed E-state index contributed by atoms with van der Waals surface area (Å²) in [5.74, 6) is 1.41. The molecule has 0 saturated carbocycles. The largest absolute Gasteiger partial charge is 0.486 e. The van der Waals surface area contributed by atoms with Crippen molar-refractivity contribution >= 4 is 5.69 Å². The van der Waals surface area contributed by atoms with E-state index >= 15 is 0 Å². The van der Waals surface area contributed by atoms with Crippen molar-refractivity contribution in [1.29, 1.82) is 5.53 Å². The minimum absolute atomic E-state index is 0.564. The van der Waals surface area contributed by atoms with Crippen LogP contribution in [-0.4, -0.2) is 13.2 Å². The van der Waals surface area contributed by atoms with E-state index in [2.05, 4.69) is 5.11 Å². The zero-order chi connectivity index (χ0) is 8.39. The molecule has 0 bridgehead atoms. The molecule has 0 saturated heterocycles. The van der Waals surface area contributed by atoms with Crippen molar-refractivity contribution < 1.29 is 9.47 Å². The highest BCUT2D eigenvalue weighted by molar-refractivity contribution is 5.51. The molecular weight excluding hydrogens is 156 g/mol. The Morgan fingerprint density at radius 3 is 2.67 bits per heavy atom. The monoisotopic (exact) mass is 164 g/mol. The van der Waals surface area contributed by atoms with Crippen LogP contribution in [0.25, 0.3) is 0 Å². The van der Waals surface area contributed by atoms with Gasteiger partial charge in [-0.2, -0.15) is 5.11 Å². The second-order valence-electron chi connectivity index (χ2n) is 2.44. The van der Waals surface area contributed by atoms with E-state index in [-0.39, 0.29) is 0 Å². The van der Waals surface area contributed by atoms with Crippen molar-refractivity contribution in [2.45, 2.75) is 0 Å². The van der Waals surface area contributed by atoms with Gasteiger partial charge in [0.15, 0.2) is 11.5 Å². The Labute approximate surface area is 69.6 Å². The molecule has 1 aromatic rings. The van der Waals surface area contributed by atoms with E-state index in [1.165, 1.54) is 0 Å². The molecule has 1 aliphatic rings. The second-order valence-corrected chi connectivity index (χ2v) is 2.44. The first-order valence-electron chi connectivity index (χ1n) is 3.67. The van der Waals surface area contributed by atoms with Crippen LogP contribution in [0.3, 0.4) is 0 Å². The number of ether oxygens (including phenoxy) is 2. The molecule has 1 aliphatic heterocycles. The number of hydrogen-bond acceptors (Lipinski definition) is 4. The zero-order valence-electron chi connectivity index (χ0n) is 6.41. The molecule has 2 rings (SSSR count). The maximum Gasteiger partial charge on any atom is 0.163 e. The molecule has 4 heteroatoms. The van der Waals surface area contributed by atoms with E-state index in [0.717, 1.165) is 5.75 Å². The van der Waals surface area contributed by atoms with Gasteiger partial charge in [0.25, 0.3) is 0 Å². The van der Waals surface area contributed by atoms with Crippen LogP contribution in [0.15, 0.2) is 23.3 Å². The normalized spacial score (nSPS) is 14.0. The molecule has 0 aromatic heterocycles. The standard InChI is InChI=1S/C8H8N2O2/c9-10-6-1-2-7-8(5-6)12-4-3-11-7/h1-2,5,9H,3-4H2. The Morgan fingerprint density at radius 1 is 1.17 bits per heavy atom. The minimum atomic E-state index is 0.564. The summed E-state index contributed by atoms with van der Waals surface area (Å²) in [6.45, 7) is 1.15. The Kier molecular flexibility index (Phi) is 1.66. The topological polar surface area (TPSA) is 54.7 Å². The Bertz CT molecular complexity index is 312. The van der Waals surface area contributed by atoms with E-state index < -0.39 is 0 Å². The number of fused-ring (bicyclic) bond motifs is 1. The molecule has 1 N–H and O–H groups in total. The predicted molar refractivity (Wildman–Crippen MR) is 42.2 cm³/mol. The third-order valence-electron chi connectivity index (χ3n) is 1.65. The fraction of sp³-hybridized carbons (Fsp3) is 0.250. The van der Waals surface area contributed by atoms with E-state index in [9.17, 15) is 0 Å². The fourth-order valence-electron chi connectivity index (χ4n) is 1.10. The van der Waals surface area contributed by atoms with Gasteiger partial charge < -0.3 is 9.47 Å². The predicted octanol–water partition coefficient (Wildman–Crippen LogP) is 2.12. The molecule has 12 heavy (non-hydrogen) atoms. The quantitative estimate of drug-likeness (QED) is 0.646. The van der Waals surface area contributed by atoms with Crippen molar-refractivity contribution in [1.82, 2.24) is 0 Å². The van der Waals surface area contributed by atoms with Gasteiger partial charge in [0.05, 0.1) is 5.69 Å². The number of hydrogen-bond donors (Lipinski definition) is 1. The van der Waals surface area contributed by atoms with Crippen LogP contribution < -0.4 is 9.47 Å². The summed E-state index contributed by atoms with van der Waals surface area (Å²) in [6.07, 6.45) is 0. The molecule has 1 heterocycles. The summed E-state index contributed by atoms with van der Waals surface area (Å²) in [5.41, 5.74) is 7.37. The van der Waals surface area contributed by atoms with Crippen molar-refractivity contribution in [2.75, 3.05) is 13.2 Å². The van der Waals surface area contributed by atoms with Gasteiger partial charge in [-0.3, -0.25) is 0 Å². The molecular formula is C8H8N2O2. The first-order chi connectivity index (χ1) is 5.90. The summed E-state index contributed by atoms with van der Waals surface area (Å²) in [6, 6.07) is 5.18. The smallest absolute Gasteiger partial charge is 0.163 e. The van der Waals surface area contributed by atoms with Crippen LogP contribution in [-0.2, 0) is 0 Å². The third-order valence-corrected chi connectivity index (χ3v) is 1.65. The highest BCUT2D eigenvalue weighted by Gasteiger charge is 2.10. The summed E-state index contributed by atoms with van der Waals surface area (Å²) in [7, 11) is 0. The Hall–Kier alpha value is -1.58. The lowest BCUT2D eigenvalue weighted by Crippen LogP contribution is -2.14. The van der Waals surface area contributed by atoms with Gasteiger partial charge in [-0.15, -0.1) is 0 Å². The molecule has 62 valence electrons. The van der Waals surface area contributed by atoms with Gasteiger partial charge in [0, 0.05) is 6.07 Å². The lowest BCUT2D eigenvalue weighted by Gasteiger charge is -2.17. The van der Waals surface area contributed by atoms with E-state index in [4.69, 9.17) is 15.0 Å². The highest BCUT2D eigenvalue weighted by Crippen LogP contribution is 2.33. The van der Waals surface area contributed by atoms with Crippen LogP contribution in [0.5, 0.6) is 11.5 Å². The van der Waals surface area contributed by atoms with Crippen LogP contribution in [0.2, 0.25) is 0 Å². The first kappa shape index (κ1) is 7.09. The highest BCUT2D eigenvalue weighted by atomic mass is 16.6. The zero-order valence-corrected chi connectivity index (χ0v) is 6.41. The Morgan fingerprint density at radius 2 is 1.92 bits per heavy atom. The maximum atomic E-state index is 6.79. The number of nitrogens with one attached hydrogen (secondary N) is 1. The van der Waals surface area contributed by atoms with Gasteiger partial charge in [-0.25, -0.2) is 5.53 Å². The molecule has 0 unspecified atom stereocenters. The fourth-order valence-corrected chi connectivity index (χ4v) is 1.10. The van der Waals surface area contributed by atoms with Crippen LogP contribution >= 0.6 is 0 Å². The summed E-state index contributed by atoms with van der Waals surface area (Å²) in [5, 5.41) is 3.29. The first-order valence-corrected chi connectivity index (χ1v) is 3.67. The van der Waals surface area contributed by atoms with Gasteiger partial charge in [-0.1, -0.05) is 0 Å². The van der Waals surface area contributed by atoms with Gasteiger partial charge >= 0.3 is 0 Å². The van der Waals surface area contributed by atoms with Crippen molar-refractivity contribution in [3.8, 4) is 11.5 Å². The van der Waals surface area contributed by atoms with E-state index in [1.807, 2.05) is 0 Å². The van der Waals surface area contributed by atoms with E-state index in [1.54, 1.807) is 18.2 Å². The van der Waals surface area contributed by atoms with E-state index in [0.29, 0.717) is 24.7 Å². The molecule has 0 spiro atoms. The van der Waals surface area contributed by atoms with Crippen LogP contribution in [0, 0.1) is 5.53 Å². The molecule has 0 radical (unpaired) electrons. The molecule has 0 amide bonds.